The largest absolute Gasteiger partial charge is 0.381 e. The Morgan fingerprint density at radius 3 is 2.68 bits per heavy atom. The van der Waals surface area contributed by atoms with Crippen LogP contribution >= 0.6 is 0 Å². The van der Waals surface area contributed by atoms with Gasteiger partial charge in [0.25, 0.3) is 0 Å². The van der Waals surface area contributed by atoms with Crippen LogP contribution in [0.4, 0.5) is 5.82 Å². The van der Waals surface area contributed by atoms with E-state index in [4.69, 9.17) is 4.74 Å². The summed E-state index contributed by atoms with van der Waals surface area (Å²) in [4.78, 5) is 11.3. The van der Waals surface area contributed by atoms with E-state index in [0.717, 1.165) is 57.0 Å². The number of ether oxygens (including phenoxy) is 1. The topological polar surface area (TPSA) is 50.3 Å². The maximum Gasteiger partial charge on any atom is 0.144 e. The van der Waals surface area contributed by atoms with Gasteiger partial charge in [-0.25, -0.2) is 4.98 Å². The summed E-state index contributed by atoms with van der Waals surface area (Å²) in [6.45, 7) is 6.13. The number of piperidine rings is 1. The van der Waals surface area contributed by atoms with Crippen LogP contribution in [0, 0.1) is 0 Å². The fourth-order valence-corrected chi connectivity index (χ4v) is 2.31. The molecular formula is C14H24N4O. The second-order valence-electron chi connectivity index (χ2n) is 5.03. The predicted octanol–water partition coefficient (Wildman–Crippen LogP) is 1.91. The summed E-state index contributed by atoms with van der Waals surface area (Å²) >= 11 is 0. The van der Waals surface area contributed by atoms with Gasteiger partial charge in [-0.3, -0.25) is 9.88 Å². The minimum Gasteiger partial charge on any atom is -0.381 e. The molecule has 1 aromatic rings. The molecule has 0 unspecified atom stereocenters. The van der Waals surface area contributed by atoms with Crippen LogP contribution in [0.15, 0.2) is 12.4 Å². The SMILES string of the molecule is CCCNc1cnc(CN2CCC(OC)CC2)cn1. The number of methoxy groups -OCH3 is 1. The molecule has 0 aromatic carbocycles. The molecule has 0 atom stereocenters. The number of rotatable bonds is 6. The van der Waals surface area contributed by atoms with Gasteiger partial charge in [-0.05, 0) is 19.3 Å². The fourth-order valence-electron chi connectivity index (χ4n) is 2.31. The molecule has 19 heavy (non-hydrogen) atoms. The van der Waals surface area contributed by atoms with Crippen molar-refractivity contribution in [2.24, 2.45) is 0 Å². The zero-order valence-corrected chi connectivity index (χ0v) is 11.9. The van der Waals surface area contributed by atoms with Gasteiger partial charge in [0.2, 0.25) is 0 Å². The summed E-state index contributed by atoms with van der Waals surface area (Å²) in [7, 11) is 1.80. The average Bonchev–Trinajstić information content (AvgIpc) is 2.47. The second kappa shape index (κ2) is 7.40. The van der Waals surface area contributed by atoms with Gasteiger partial charge >= 0.3 is 0 Å². The van der Waals surface area contributed by atoms with E-state index < -0.39 is 0 Å². The highest BCUT2D eigenvalue weighted by Crippen LogP contribution is 2.14. The summed E-state index contributed by atoms with van der Waals surface area (Å²) in [5.41, 5.74) is 1.04. The molecular weight excluding hydrogens is 240 g/mol. The van der Waals surface area contributed by atoms with Crippen LogP contribution < -0.4 is 5.32 Å². The Balaban J connectivity index is 1.79. The van der Waals surface area contributed by atoms with Crippen LogP contribution in [0.1, 0.15) is 31.9 Å². The van der Waals surface area contributed by atoms with Gasteiger partial charge in [0, 0.05) is 33.3 Å². The number of anilines is 1. The number of likely N-dealkylation sites (tertiary alicyclic amines) is 1. The van der Waals surface area contributed by atoms with Crippen molar-refractivity contribution >= 4 is 5.82 Å². The molecule has 0 amide bonds. The average molecular weight is 264 g/mol. The van der Waals surface area contributed by atoms with Crippen LogP contribution in [0.3, 0.4) is 0 Å². The molecule has 5 nitrogen and oxygen atoms in total. The molecule has 0 aliphatic carbocycles. The number of hydrogen-bond donors (Lipinski definition) is 1. The van der Waals surface area contributed by atoms with Gasteiger partial charge < -0.3 is 10.1 Å². The molecule has 0 bridgehead atoms. The van der Waals surface area contributed by atoms with E-state index in [9.17, 15) is 0 Å². The van der Waals surface area contributed by atoms with Gasteiger partial charge in [-0.1, -0.05) is 6.92 Å². The summed E-state index contributed by atoms with van der Waals surface area (Å²) in [6.07, 6.45) is 7.45. The number of aromatic nitrogens is 2. The van der Waals surface area contributed by atoms with E-state index in [2.05, 4.69) is 27.1 Å². The Bertz CT molecular complexity index is 360. The maximum atomic E-state index is 5.38. The first-order chi connectivity index (χ1) is 9.31. The van der Waals surface area contributed by atoms with Crippen molar-refractivity contribution in [3.05, 3.63) is 18.1 Å². The smallest absolute Gasteiger partial charge is 0.144 e. The second-order valence-corrected chi connectivity index (χ2v) is 5.03. The third kappa shape index (κ3) is 4.44. The highest BCUT2D eigenvalue weighted by Gasteiger charge is 2.18. The van der Waals surface area contributed by atoms with Crippen molar-refractivity contribution in [1.82, 2.24) is 14.9 Å². The predicted molar refractivity (Wildman–Crippen MR) is 76.1 cm³/mol. The quantitative estimate of drug-likeness (QED) is 0.850. The standard InChI is InChI=1S/C14H24N4O/c1-3-6-15-14-10-16-12(9-17-14)11-18-7-4-13(19-2)5-8-18/h9-10,13H,3-8,11H2,1-2H3,(H,15,17). The molecule has 106 valence electrons. The summed E-state index contributed by atoms with van der Waals surface area (Å²) < 4.78 is 5.38. The van der Waals surface area contributed by atoms with Gasteiger partial charge in [-0.2, -0.15) is 0 Å². The minimum absolute atomic E-state index is 0.433. The molecule has 0 saturated carbocycles. The molecule has 2 rings (SSSR count). The molecule has 1 aliphatic rings. The fraction of sp³-hybridized carbons (Fsp3) is 0.714. The van der Waals surface area contributed by atoms with E-state index in [0.29, 0.717) is 6.10 Å². The van der Waals surface area contributed by atoms with Crippen LogP contribution in [-0.4, -0.2) is 47.7 Å². The van der Waals surface area contributed by atoms with Crippen molar-refractivity contribution < 1.29 is 4.74 Å². The third-order valence-electron chi connectivity index (χ3n) is 3.51. The number of hydrogen-bond acceptors (Lipinski definition) is 5. The summed E-state index contributed by atoms with van der Waals surface area (Å²) in [5.74, 6) is 0.865. The molecule has 1 N–H and O–H groups in total. The van der Waals surface area contributed by atoms with Gasteiger partial charge in [0.05, 0.1) is 24.2 Å². The van der Waals surface area contributed by atoms with Crippen LogP contribution in [0.5, 0.6) is 0 Å². The first-order valence-electron chi connectivity index (χ1n) is 7.11. The molecule has 1 aromatic heterocycles. The highest BCUT2D eigenvalue weighted by molar-refractivity contribution is 5.30. The lowest BCUT2D eigenvalue weighted by atomic mass is 10.1. The van der Waals surface area contributed by atoms with Crippen molar-refractivity contribution in [3.63, 3.8) is 0 Å². The Labute approximate surface area is 115 Å². The molecule has 0 radical (unpaired) electrons. The van der Waals surface area contributed by atoms with Crippen LogP contribution in [0.2, 0.25) is 0 Å². The van der Waals surface area contributed by atoms with Gasteiger partial charge in [0.15, 0.2) is 0 Å². The molecule has 1 fully saturated rings. The zero-order valence-electron chi connectivity index (χ0n) is 11.9. The van der Waals surface area contributed by atoms with Crippen LogP contribution in [0.25, 0.3) is 0 Å². The minimum atomic E-state index is 0.433. The van der Waals surface area contributed by atoms with E-state index in [-0.39, 0.29) is 0 Å². The highest BCUT2D eigenvalue weighted by atomic mass is 16.5. The monoisotopic (exact) mass is 264 g/mol. The molecule has 1 aliphatic heterocycles. The zero-order chi connectivity index (χ0) is 13.5. The lowest BCUT2D eigenvalue weighted by molar-refractivity contribution is 0.0385. The van der Waals surface area contributed by atoms with Crippen molar-refractivity contribution in [1.29, 1.82) is 0 Å². The lowest BCUT2D eigenvalue weighted by Gasteiger charge is -2.30. The lowest BCUT2D eigenvalue weighted by Crippen LogP contribution is -2.36. The number of nitrogens with zero attached hydrogens (tertiary/aromatic N) is 3. The summed E-state index contributed by atoms with van der Waals surface area (Å²) in [6, 6.07) is 0. The van der Waals surface area contributed by atoms with Crippen molar-refractivity contribution in [3.8, 4) is 0 Å². The Morgan fingerprint density at radius 1 is 1.32 bits per heavy atom. The van der Waals surface area contributed by atoms with E-state index in [1.165, 1.54) is 0 Å². The van der Waals surface area contributed by atoms with E-state index >= 15 is 0 Å². The van der Waals surface area contributed by atoms with Gasteiger partial charge in [-0.15, -0.1) is 0 Å². The molecule has 5 heteroatoms. The van der Waals surface area contributed by atoms with Crippen LogP contribution in [-0.2, 0) is 11.3 Å². The van der Waals surface area contributed by atoms with E-state index in [1.807, 2.05) is 12.4 Å². The summed E-state index contributed by atoms with van der Waals surface area (Å²) in [5, 5.41) is 3.23. The third-order valence-corrected chi connectivity index (χ3v) is 3.51. The number of nitrogens with one attached hydrogen (secondary N) is 1. The van der Waals surface area contributed by atoms with Gasteiger partial charge in [0.1, 0.15) is 5.82 Å². The first-order valence-corrected chi connectivity index (χ1v) is 7.11. The maximum absolute atomic E-state index is 5.38. The first kappa shape index (κ1) is 14.2. The molecule has 0 spiro atoms. The molecule has 2 heterocycles. The normalized spacial score (nSPS) is 17.6. The Hall–Kier alpha value is -1.20. The van der Waals surface area contributed by atoms with E-state index in [1.54, 1.807) is 7.11 Å². The molecule has 1 saturated heterocycles. The Morgan fingerprint density at radius 2 is 2.11 bits per heavy atom. The Kier molecular flexibility index (Phi) is 5.54. The van der Waals surface area contributed by atoms with Crippen molar-refractivity contribution in [2.45, 2.75) is 38.8 Å². The van der Waals surface area contributed by atoms with Crippen molar-refractivity contribution in [2.75, 3.05) is 32.1 Å².